The van der Waals surface area contributed by atoms with Gasteiger partial charge >= 0.3 is 5.97 Å². The number of benzene rings is 1. The van der Waals surface area contributed by atoms with E-state index in [0.29, 0.717) is 5.88 Å². The van der Waals surface area contributed by atoms with Crippen LogP contribution in [0.1, 0.15) is 102 Å². The van der Waals surface area contributed by atoms with Crippen molar-refractivity contribution >= 4 is 5.97 Å². The summed E-state index contributed by atoms with van der Waals surface area (Å²) in [5.74, 6) is 0.231. The van der Waals surface area contributed by atoms with Crippen molar-refractivity contribution in [1.82, 2.24) is 4.98 Å². The van der Waals surface area contributed by atoms with Crippen LogP contribution < -0.4 is 4.74 Å². The average molecular weight is 436 g/mol. The monoisotopic (exact) mass is 435 g/mol. The van der Waals surface area contributed by atoms with Crippen molar-refractivity contribution in [3.63, 3.8) is 0 Å². The molecule has 0 N–H and O–H groups in total. The molecule has 1 aromatic heterocycles. The molecule has 0 saturated carbocycles. The van der Waals surface area contributed by atoms with E-state index in [9.17, 15) is 4.79 Å². The van der Waals surface area contributed by atoms with Crippen molar-refractivity contribution in [1.29, 1.82) is 0 Å². The zero-order valence-electron chi connectivity index (χ0n) is 20.1. The van der Waals surface area contributed by atoms with Crippen molar-refractivity contribution in [2.45, 2.75) is 96.8 Å². The fourth-order valence-electron chi connectivity index (χ4n) is 3.93. The van der Waals surface area contributed by atoms with Gasteiger partial charge in [-0.1, -0.05) is 114 Å². The van der Waals surface area contributed by atoms with Crippen molar-refractivity contribution < 1.29 is 9.53 Å². The van der Waals surface area contributed by atoms with E-state index in [4.69, 9.17) is 4.74 Å². The molecule has 0 spiro atoms. The second kappa shape index (κ2) is 16.2. The topological polar surface area (TPSA) is 39.2 Å². The van der Waals surface area contributed by atoms with Gasteiger partial charge in [0, 0.05) is 24.3 Å². The number of aromatic nitrogens is 1. The van der Waals surface area contributed by atoms with E-state index in [2.05, 4.69) is 43.1 Å². The molecule has 174 valence electrons. The number of allylic oxidation sites excluding steroid dienone is 1. The minimum Gasteiger partial charge on any atom is -0.404 e. The Morgan fingerprint density at radius 1 is 0.875 bits per heavy atom. The van der Waals surface area contributed by atoms with E-state index in [0.717, 1.165) is 19.3 Å². The van der Waals surface area contributed by atoms with E-state index in [1.165, 1.54) is 68.9 Å². The molecule has 2 rings (SSSR count). The van der Waals surface area contributed by atoms with Crippen LogP contribution in [-0.2, 0) is 11.2 Å². The third kappa shape index (κ3) is 10.7. The molecule has 0 aliphatic rings. The predicted molar refractivity (Wildman–Crippen MR) is 134 cm³/mol. The first-order chi connectivity index (χ1) is 15.7. The maximum Gasteiger partial charge on any atom is 0.337 e. The van der Waals surface area contributed by atoms with Gasteiger partial charge in [0.2, 0.25) is 5.88 Å². The molecule has 1 aromatic carbocycles. The van der Waals surface area contributed by atoms with Crippen LogP contribution in [0.3, 0.4) is 0 Å². The first kappa shape index (κ1) is 25.8. The summed E-state index contributed by atoms with van der Waals surface area (Å²) in [7, 11) is 0. The van der Waals surface area contributed by atoms with E-state index < -0.39 is 0 Å². The molecule has 1 unspecified atom stereocenters. The lowest BCUT2D eigenvalue weighted by Gasteiger charge is -2.13. The Kier molecular flexibility index (Phi) is 13.1. The molecule has 2 aromatic rings. The summed E-state index contributed by atoms with van der Waals surface area (Å²) in [6.07, 6.45) is 20.0. The summed E-state index contributed by atoms with van der Waals surface area (Å²) in [6.45, 7) is 4.46. The highest BCUT2D eigenvalue weighted by Gasteiger charge is 2.09. The van der Waals surface area contributed by atoms with Crippen LogP contribution in [-0.4, -0.2) is 11.0 Å². The largest absolute Gasteiger partial charge is 0.404 e. The van der Waals surface area contributed by atoms with Crippen molar-refractivity contribution in [3.05, 3.63) is 71.9 Å². The molecular weight excluding hydrogens is 394 g/mol. The number of unbranched alkanes of at least 4 members (excludes halogenated alkanes) is 8. The Bertz CT molecular complexity index is 768. The lowest BCUT2D eigenvalue weighted by molar-refractivity contribution is -0.129. The van der Waals surface area contributed by atoms with Gasteiger partial charge in [-0.3, -0.25) is 0 Å². The molecule has 0 saturated heterocycles. The number of ether oxygens (including phenoxy) is 1. The van der Waals surface area contributed by atoms with Gasteiger partial charge in [-0.15, -0.1) is 0 Å². The fraction of sp³-hybridized carbons (Fsp3) is 0.517. The number of pyridine rings is 1. The second-order valence-electron chi connectivity index (χ2n) is 8.67. The van der Waals surface area contributed by atoms with Crippen molar-refractivity contribution in [2.75, 3.05) is 0 Å². The minimum atomic E-state index is -0.365. The van der Waals surface area contributed by atoms with Gasteiger partial charge in [0.1, 0.15) is 0 Å². The van der Waals surface area contributed by atoms with Gasteiger partial charge in [-0.2, -0.15) is 0 Å². The van der Waals surface area contributed by atoms with Crippen LogP contribution in [0, 0.1) is 0 Å². The Hall–Kier alpha value is -2.42. The number of hydrogen-bond acceptors (Lipinski definition) is 3. The molecule has 0 bridgehead atoms. The Labute approximate surface area is 195 Å². The van der Waals surface area contributed by atoms with Gasteiger partial charge in [-0.05, 0) is 30.4 Å². The number of esters is 1. The summed E-state index contributed by atoms with van der Waals surface area (Å²) < 4.78 is 5.43. The summed E-state index contributed by atoms with van der Waals surface area (Å²) >= 11 is 0. The summed E-state index contributed by atoms with van der Waals surface area (Å²) in [5.41, 5.74) is 2.44. The zero-order valence-corrected chi connectivity index (χ0v) is 20.1. The SMILES string of the molecule is CCCCCCCCc1ccc(OC(=O)/C=C/C(CCCCCC)c2ccccc2)nc1. The van der Waals surface area contributed by atoms with Crippen LogP contribution in [0.25, 0.3) is 0 Å². The van der Waals surface area contributed by atoms with Crippen LogP contribution in [0.5, 0.6) is 5.88 Å². The number of aryl methyl sites for hydroxylation is 1. The van der Waals surface area contributed by atoms with Gasteiger partial charge in [0.05, 0.1) is 0 Å². The molecule has 0 aliphatic heterocycles. The van der Waals surface area contributed by atoms with E-state index >= 15 is 0 Å². The molecule has 0 amide bonds. The second-order valence-corrected chi connectivity index (χ2v) is 8.67. The van der Waals surface area contributed by atoms with Crippen LogP contribution in [0.15, 0.2) is 60.8 Å². The minimum absolute atomic E-state index is 0.230. The molecule has 0 radical (unpaired) electrons. The predicted octanol–water partition coefficient (Wildman–Crippen LogP) is 8.20. The third-order valence-electron chi connectivity index (χ3n) is 5.88. The Morgan fingerprint density at radius 2 is 1.56 bits per heavy atom. The average Bonchev–Trinajstić information content (AvgIpc) is 2.82. The smallest absolute Gasteiger partial charge is 0.337 e. The maximum absolute atomic E-state index is 12.4. The maximum atomic E-state index is 12.4. The lowest BCUT2D eigenvalue weighted by atomic mass is 9.92. The number of carbonyl (C=O) groups is 1. The summed E-state index contributed by atoms with van der Waals surface area (Å²) in [4.78, 5) is 16.7. The number of hydrogen-bond donors (Lipinski definition) is 0. The quantitative estimate of drug-likeness (QED) is 0.151. The molecule has 1 heterocycles. The molecule has 0 fully saturated rings. The molecule has 0 aliphatic carbocycles. The number of rotatable bonds is 16. The highest BCUT2D eigenvalue weighted by atomic mass is 16.5. The first-order valence-corrected chi connectivity index (χ1v) is 12.6. The van der Waals surface area contributed by atoms with Gasteiger partial charge in [-0.25, -0.2) is 9.78 Å². The van der Waals surface area contributed by atoms with E-state index in [1.54, 1.807) is 12.1 Å². The normalized spacial score (nSPS) is 12.2. The highest BCUT2D eigenvalue weighted by Crippen LogP contribution is 2.24. The first-order valence-electron chi connectivity index (χ1n) is 12.6. The zero-order chi connectivity index (χ0) is 22.9. The lowest BCUT2D eigenvalue weighted by Crippen LogP contribution is -2.06. The fourth-order valence-corrected chi connectivity index (χ4v) is 3.93. The summed E-state index contributed by atoms with van der Waals surface area (Å²) in [6, 6.07) is 14.2. The van der Waals surface area contributed by atoms with Crippen LogP contribution in [0.4, 0.5) is 0 Å². The summed E-state index contributed by atoms with van der Waals surface area (Å²) in [5, 5.41) is 0. The third-order valence-corrected chi connectivity index (χ3v) is 5.88. The van der Waals surface area contributed by atoms with E-state index in [1.807, 2.05) is 24.4 Å². The van der Waals surface area contributed by atoms with Gasteiger partial charge < -0.3 is 4.74 Å². The Morgan fingerprint density at radius 3 is 2.25 bits per heavy atom. The number of nitrogens with zero attached hydrogens (tertiary/aromatic N) is 1. The number of carbonyl (C=O) groups excluding carboxylic acids is 1. The molecule has 3 heteroatoms. The molecule has 3 nitrogen and oxygen atoms in total. The van der Waals surface area contributed by atoms with Crippen LogP contribution in [0.2, 0.25) is 0 Å². The molecule has 1 atom stereocenters. The van der Waals surface area contributed by atoms with Crippen molar-refractivity contribution in [2.24, 2.45) is 0 Å². The standard InChI is InChI=1S/C29H41NO2/c1-3-5-7-9-10-12-16-25-20-22-28(30-24-25)32-29(31)23-21-27(19-13-8-6-4-2)26-17-14-11-15-18-26/h11,14-15,17-18,20-24,27H,3-10,12-13,16,19H2,1-2H3/b23-21+. The van der Waals surface area contributed by atoms with E-state index in [-0.39, 0.29) is 11.9 Å². The highest BCUT2D eigenvalue weighted by molar-refractivity contribution is 5.83. The Balaban J connectivity index is 1.82. The molecule has 32 heavy (non-hydrogen) atoms. The van der Waals surface area contributed by atoms with Crippen molar-refractivity contribution in [3.8, 4) is 5.88 Å². The van der Waals surface area contributed by atoms with Crippen LogP contribution >= 0.6 is 0 Å². The molecular formula is C29H41NO2. The van der Waals surface area contributed by atoms with Gasteiger partial charge in [0.15, 0.2) is 0 Å². The van der Waals surface area contributed by atoms with Gasteiger partial charge in [0.25, 0.3) is 0 Å².